The van der Waals surface area contributed by atoms with Crippen molar-refractivity contribution >= 4 is 33.7 Å². The van der Waals surface area contributed by atoms with Gasteiger partial charge in [0, 0.05) is 24.0 Å². The average molecular weight is 522 g/mol. The van der Waals surface area contributed by atoms with Crippen molar-refractivity contribution in [3.8, 4) is 0 Å². The molecule has 3 saturated heterocycles. The van der Waals surface area contributed by atoms with Gasteiger partial charge in [-0.15, -0.1) is 0 Å². The molecular formula is C24H32BrN3O5. The lowest BCUT2D eigenvalue weighted by Crippen LogP contribution is -2.57. The summed E-state index contributed by atoms with van der Waals surface area (Å²) in [5.41, 5.74) is -0.127. The number of rotatable bonds is 9. The van der Waals surface area contributed by atoms with Crippen molar-refractivity contribution in [3.05, 3.63) is 35.9 Å². The molecule has 7 atom stereocenters. The number of ether oxygens (including phenoxy) is 1. The molecule has 0 aliphatic carbocycles. The molecule has 8 nitrogen and oxygen atoms in total. The van der Waals surface area contributed by atoms with Gasteiger partial charge in [0.05, 0.1) is 24.5 Å². The zero-order chi connectivity index (χ0) is 23.8. The Balaban J connectivity index is 1.60. The van der Waals surface area contributed by atoms with E-state index in [1.54, 1.807) is 0 Å². The predicted molar refractivity (Wildman–Crippen MR) is 125 cm³/mol. The number of nitrogens with one attached hydrogen (secondary N) is 2. The number of alkyl halides is 1. The fourth-order valence-corrected chi connectivity index (χ4v) is 6.75. The molecule has 3 heterocycles. The van der Waals surface area contributed by atoms with Crippen molar-refractivity contribution in [2.45, 2.75) is 68.3 Å². The Bertz CT molecular complexity index is 899. The number of fused-ring (bicyclic) bond motifs is 1. The number of likely N-dealkylation sites (tertiary alicyclic amines) is 1. The Hall–Kier alpha value is -1.97. The molecule has 2 bridgehead atoms. The Morgan fingerprint density at radius 1 is 1.30 bits per heavy atom. The number of carbonyl (C=O) groups excluding carboxylic acids is 3. The van der Waals surface area contributed by atoms with Crippen molar-refractivity contribution in [3.63, 3.8) is 0 Å². The second-order valence-electron chi connectivity index (χ2n) is 9.32. The molecule has 1 spiro atoms. The largest absolute Gasteiger partial charge is 0.395 e. The molecule has 1 aromatic rings. The van der Waals surface area contributed by atoms with Gasteiger partial charge in [0.15, 0.2) is 0 Å². The summed E-state index contributed by atoms with van der Waals surface area (Å²) in [6.07, 6.45) is 1.70. The number of benzene rings is 1. The van der Waals surface area contributed by atoms with Crippen LogP contribution in [0.3, 0.4) is 0 Å². The van der Waals surface area contributed by atoms with Gasteiger partial charge in [-0.2, -0.15) is 0 Å². The van der Waals surface area contributed by atoms with Crippen LogP contribution in [0.25, 0.3) is 0 Å². The van der Waals surface area contributed by atoms with Gasteiger partial charge in [-0.05, 0) is 25.3 Å². The zero-order valence-electron chi connectivity index (χ0n) is 19.0. The van der Waals surface area contributed by atoms with Crippen LogP contribution in [0.2, 0.25) is 0 Å². The quantitative estimate of drug-likeness (QED) is 0.425. The second-order valence-corrected chi connectivity index (χ2v) is 10.5. The summed E-state index contributed by atoms with van der Waals surface area (Å²) < 4.78 is 6.39. The fourth-order valence-electron chi connectivity index (χ4n) is 5.81. The summed E-state index contributed by atoms with van der Waals surface area (Å²) in [5.74, 6) is -2.29. The summed E-state index contributed by atoms with van der Waals surface area (Å²) in [7, 11) is 0. The third-order valence-corrected chi connectivity index (χ3v) is 7.95. The molecule has 9 heteroatoms. The highest BCUT2D eigenvalue weighted by Gasteiger charge is 2.76. The highest BCUT2D eigenvalue weighted by Crippen LogP contribution is 2.59. The minimum Gasteiger partial charge on any atom is -0.395 e. The standard InChI is InChI=1S/C24H32BrN3O5/c1-3-7-14(2)27-22(31)20-24-12-16(25)19(33-24)17(18(24)23(32)28(20)10-11-29)21(30)26-13-15-8-5-4-6-9-15/h4-6,8-9,14,16-20,29H,3,7,10-13H2,1-2H3,(H,26,30)(H,27,31)/t14?,16?,17-,18+,19-,20?,24?/m1/s1. The maximum atomic E-state index is 13.5. The first-order valence-electron chi connectivity index (χ1n) is 11.7. The van der Waals surface area contributed by atoms with Gasteiger partial charge < -0.3 is 25.4 Å². The molecule has 4 unspecified atom stereocenters. The van der Waals surface area contributed by atoms with Crippen LogP contribution in [-0.4, -0.2) is 69.5 Å². The van der Waals surface area contributed by atoms with Gasteiger partial charge in [-0.1, -0.05) is 59.6 Å². The van der Waals surface area contributed by atoms with E-state index in [1.165, 1.54) is 4.90 Å². The SMILES string of the molecule is CCCC(C)NC(=O)C1N(CCO)C(=O)[C@@H]2[C@@H](C(=O)NCc3ccccc3)[C@@H]3OC12CC3Br. The molecule has 3 aliphatic rings. The van der Waals surface area contributed by atoms with Crippen molar-refractivity contribution in [2.24, 2.45) is 11.8 Å². The fraction of sp³-hybridized carbons (Fsp3) is 0.625. The lowest BCUT2D eigenvalue weighted by Gasteiger charge is -2.34. The molecule has 0 saturated carbocycles. The summed E-state index contributed by atoms with van der Waals surface area (Å²) in [5, 5.41) is 15.6. The summed E-state index contributed by atoms with van der Waals surface area (Å²) in [6, 6.07) is 8.64. The molecule has 33 heavy (non-hydrogen) atoms. The van der Waals surface area contributed by atoms with Crippen LogP contribution in [-0.2, 0) is 25.7 Å². The van der Waals surface area contributed by atoms with Crippen LogP contribution < -0.4 is 10.6 Å². The van der Waals surface area contributed by atoms with E-state index in [0.717, 1.165) is 18.4 Å². The van der Waals surface area contributed by atoms with Crippen molar-refractivity contribution < 1.29 is 24.2 Å². The highest BCUT2D eigenvalue weighted by atomic mass is 79.9. The predicted octanol–water partition coefficient (Wildman–Crippen LogP) is 1.35. The summed E-state index contributed by atoms with van der Waals surface area (Å²) in [4.78, 5) is 41.5. The van der Waals surface area contributed by atoms with E-state index >= 15 is 0 Å². The number of halogens is 1. The first-order valence-corrected chi connectivity index (χ1v) is 12.6. The highest BCUT2D eigenvalue weighted by molar-refractivity contribution is 9.09. The Morgan fingerprint density at radius 2 is 2.03 bits per heavy atom. The molecule has 3 amide bonds. The number of hydrogen-bond donors (Lipinski definition) is 3. The van der Waals surface area contributed by atoms with Crippen molar-refractivity contribution in [2.75, 3.05) is 13.2 Å². The molecule has 4 rings (SSSR count). The monoisotopic (exact) mass is 521 g/mol. The Kier molecular flexibility index (Phi) is 7.12. The number of amides is 3. The minimum absolute atomic E-state index is 0.0245. The number of aliphatic hydroxyl groups excluding tert-OH is 1. The molecule has 1 aromatic carbocycles. The number of hydrogen-bond acceptors (Lipinski definition) is 5. The Morgan fingerprint density at radius 3 is 2.70 bits per heavy atom. The molecule has 0 radical (unpaired) electrons. The van der Waals surface area contributed by atoms with Gasteiger partial charge >= 0.3 is 0 Å². The van der Waals surface area contributed by atoms with Crippen LogP contribution in [0.4, 0.5) is 0 Å². The van der Waals surface area contributed by atoms with Gasteiger partial charge in [0.1, 0.15) is 11.6 Å². The second kappa shape index (κ2) is 9.72. The number of β-amino-alcohol motifs (C(OH)–C–C–N with tert-alkyl or cyclic N) is 1. The van der Waals surface area contributed by atoms with Crippen molar-refractivity contribution in [1.29, 1.82) is 0 Å². The third kappa shape index (κ3) is 4.19. The van der Waals surface area contributed by atoms with E-state index in [9.17, 15) is 19.5 Å². The van der Waals surface area contributed by atoms with E-state index in [0.29, 0.717) is 13.0 Å². The van der Waals surface area contributed by atoms with Gasteiger partial charge in [-0.25, -0.2) is 0 Å². The van der Waals surface area contributed by atoms with E-state index in [2.05, 4.69) is 26.6 Å². The zero-order valence-corrected chi connectivity index (χ0v) is 20.6. The van der Waals surface area contributed by atoms with Crippen LogP contribution in [0, 0.1) is 11.8 Å². The average Bonchev–Trinajstić information content (AvgIpc) is 3.37. The van der Waals surface area contributed by atoms with Gasteiger partial charge in [0.25, 0.3) is 0 Å². The number of carbonyl (C=O) groups is 3. The number of nitrogens with zero attached hydrogens (tertiary/aromatic N) is 1. The molecule has 0 aromatic heterocycles. The van der Waals surface area contributed by atoms with Crippen LogP contribution in [0.15, 0.2) is 30.3 Å². The topological polar surface area (TPSA) is 108 Å². The minimum atomic E-state index is -1.09. The van der Waals surface area contributed by atoms with E-state index in [-0.39, 0.29) is 41.7 Å². The maximum absolute atomic E-state index is 13.5. The summed E-state index contributed by atoms with van der Waals surface area (Å²) >= 11 is 3.65. The van der Waals surface area contributed by atoms with Crippen LogP contribution in [0.5, 0.6) is 0 Å². The number of aliphatic hydroxyl groups is 1. The Labute approximate surface area is 202 Å². The lowest BCUT2D eigenvalue weighted by atomic mass is 9.70. The molecule has 180 valence electrons. The van der Waals surface area contributed by atoms with E-state index in [4.69, 9.17) is 4.74 Å². The van der Waals surface area contributed by atoms with Crippen molar-refractivity contribution in [1.82, 2.24) is 15.5 Å². The third-order valence-electron chi connectivity index (χ3n) is 7.10. The van der Waals surface area contributed by atoms with Gasteiger partial charge in [-0.3, -0.25) is 14.4 Å². The normalized spacial score (nSPS) is 33.2. The molecular weight excluding hydrogens is 490 g/mol. The molecule has 3 fully saturated rings. The maximum Gasteiger partial charge on any atom is 0.246 e. The van der Waals surface area contributed by atoms with Crippen LogP contribution in [0.1, 0.15) is 38.7 Å². The van der Waals surface area contributed by atoms with E-state index < -0.39 is 29.6 Å². The van der Waals surface area contributed by atoms with Gasteiger partial charge in [0.2, 0.25) is 17.7 Å². The summed E-state index contributed by atoms with van der Waals surface area (Å²) in [6.45, 7) is 4.09. The molecule has 3 N–H and O–H groups in total. The van der Waals surface area contributed by atoms with Crippen LogP contribution >= 0.6 is 15.9 Å². The lowest BCUT2D eigenvalue weighted by molar-refractivity contribution is -0.142. The molecule has 3 aliphatic heterocycles. The first kappa shape index (κ1) is 24.2. The van der Waals surface area contributed by atoms with E-state index in [1.807, 2.05) is 44.2 Å². The smallest absolute Gasteiger partial charge is 0.246 e. The first-order chi connectivity index (χ1) is 15.8.